The molecule has 2 heterocycles. The van der Waals surface area contributed by atoms with Gasteiger partial charge in [0.25, 0.3) is 5.91 Å². The number of benzene rings is 1. The molecule has 4 heteroatoms. The summed E-state index contributed by atoms with van der Waals surface area (Å²) in [6.07, 6.45) is 3.44. The van der Waals surface area contributed by atoms with E-state index in [9.17, 15) is 4.79 Å². The van der Waals surface area contributed by atoms with Gasteiger partial charge in [-0.05, 0) is 25.3 Å². The highest BCUT2D eigenvalue weighted by Crippen LogP contribution is 2.39. The second-order valence-electron chi connectivity index (χ2n) is 4.42. The highest BCUT2D eigenvalue weighted by Gasteiger charge is 2.25. The lowest BCUT2D eigenvalue weighted by Crippen LogP contribution is -2.26. The first-order valence-electron chi connectivity index (χ1n) is 6.02. The van der Waals surface area contributed by atoms with Gasteiger partial charge in [-0.1, -0.05) is 12.1 Å². The first kappa shape index (κ1) is 10.6. The molecule has 1 unspecified atom stereocenters. The number of fused-ring (bicyclic) bond motifs is 1. The minimum atomic E-state index is -0.0980. The van der Waals surface area contributed by atoms with E-state index >= 15 is 0 Å². The molecule has 3 rings (SSSR count). The summed E-state index contributed by atoms with van der Waals surface area (Å²) in [6, 6.07) is 5.81. The summed E-state index contributed by atoms with van der Waals surface area (Å²) in [4.78, 5) is 11.2. The zero-order chi connectivity index (χ0) is 11.7. The largest absolute Gasteiger partial charge is 0.481 e. The average molecular weight is 233 g/mol. The molecule has 0 saturated carbocycles. The van der Waals surface area contributed by atoms with Crippen molar-refractivity contribution in [3.63, 3.8) is 0 Å². The van der Waals surface area contributed by atoms with Crippen molar-refractivity contribution in [3.8, 4) is 5.75 Å². The number of hydrogen-bond donors (Lipinski definition) is 1. The Morgan fingerprint density at radius 3 is 3.06 bits per heavy atom. The summed E-state index contributed by atoms with van der Waals surface area (Å²) in [7, 11) is 0. The van der Waals surface area contributed by atoms with Crippen LogP contribution in [-0.2, 0) is 9.53 Å². The Kier molecular flexibility index (Phi) is 2.73. The van der Waals surface area contributed by atoms with E-state index < -0.39 is 0 Å². The summed E-state index contributed by atoms with van der Waals surface area (Å²) < 4.78 is 11.3. The zero-order valence-electron chi connectivity index (χ0n) is 9.57. The molecular weight excluding hydrogens is 218 g/mol. The lowest BCUT2D eigenvalue weighted by atomic mass is 9.99. The van der Waals surface area contributed by atoms with Crippen LogP contribution in [0.3, 0.4) is 0 Å². The molecule has 0 aliphatic carbocycles. The number of carbonyl (C=O) groups is 1. The van der Waals surface area contributed by atoms with Crippen molar-refractivity contribution in [2.75, 3.05) is 18.5 Å². The van der Waals surface area contributed by atoms with Gasteiger partial charge in [-0.3, -0.25) is 4.79 Å². The maximum atomic E-state index is 11.2. The highest BCUT2D eigenvalue weighted by molar-refractivity contribution is 5.95. The van der Waals surface area contributed by atoms with Crippen molar-refractivity contribution in [3.05, 3.63) is 23.8 Å². The Hall–Kier alpha value is -1.55. The molecule has 1 aromatic carbocycles. The molecule has 1 saturated heterocycles. The molecule has 90 valence electrons. The summed E-state index contributed by atoms with van der Waals surface area (Å²) in [5, 5.41) is 2.82. The Labute approximate surface area is 99.9 Å². The van der Waals surface area contributed by atoms with E-state index in [0.29, 0.717) is 0 Å². The van der Waals surface area contributed by atoms with Gasteiger partial charge in [0.15, 0.2) is 6.61 Å². The second-order valence-corrected chi connectivity index (χ2v) is 4.42. The van der Waals surface area contributed by atoms with Gasteiger partial charge in [0.05, 0.1) is 11.8 Å². The number of amides is 1. The fourth-order valence-corrected chi connectivity index (χ4v) is 2.38. The first-order chi connectivity index (χ1) is 8.34. The number of carbonyl (C=O) groups excluding carboxylic acids is 1. The SMILES string of the molecule is O=C1COc2c(cccc2C2CCCCO2)N1. The molecule has 4 nitrogen and oxygen atoms in total. The Morgan fingerprint density at radius 2 is 2.24 bits per heavy atom. The average Bonchev–Trinajstić information content (AvgIpc) is 2.39. The summed E-state index contributed by atoms with van der Waals surface area (Å²) in [5.41, 5.74) is 1.81. The number of rotatable bonds is 1. The van der Waals surface area contributed by atoms with Crippen LogP contribution in [0.2, 0.25) is 0 Å². The molecule has 0 radical (unpaired) electrons. The van der Waals surface area contributed by atoms with Crippen molar-refractivity contribution >= 4 is 11.6 Å². The lowest BCUT2D eigenvalue weighted by molar-refractivity contribution is -0.118. The van der Waals surface area contributed by atoms with Gasteiger partial charge >= 0.3 is 0 Å². The fraction of sp³-hybridized carbons (Fsp3) is 0.462. The van der Waals surface area contributed by atoms with Crippen molar-refractivity contribution in [2.45, 2.75) is 25.4 Å². The topological polar surface area (TPSA) is 47.6 Å². The standard InChI is InChI=1S/C13H15NO3/c15-12-8-17-13-9(4-3-5-10(13)14-12)11-6-1-2-7-16-11/h3-5,11H,1-2,6-8H2,(H,14,15). The van der Waals surface area contributed by atoms with Crippen LogP contribution in [0.15, 0.2) is 18.2 Å². The van der Waals surface area contributed by atoms with Gasteiger partial charge in [0.1, 0.15) is 5.75 Å². The predicted octanol–water partition coefficient (Wildman–Crippen LogP) is 2.26. The van der Waals surface area contributed by atoms with E-state index in [1.807, 2.05) is 18.2 Å². The third-order valence-corrected chi connectivity index (χ3v) is 3.19. The number of ether oxygens (including phenoxy) is 2. The van der Waals surface area contributed by atoms with Crippen molar-refractivity contribution < 1.29 is 14.3 Å². The predicted molar refractivity (Wildman–Crippen MR) is 63.1 cm³/mol. The van der Waals surface area contributed by atoms with E-state index in [-0.39, 0.29) is 18.6 Å². The second kappa shape index (κ2) is 4.37. The molecule has 1 amide bonds. The van der Waals surface area contributed by atoms with Gasteiger partial charge in [-0.25, -0.2) is 0 Å². The van der Waals surface area contributed by atoms with Crippen LogP contribution < -0.4 is 10.1 Å². The number of hydrogen-bond acceptors (Lipinski definition) is 3. The van der Waals surface area contributed by atoms with Crippen LogP contribution in [0.5, 0.6) is 5.75 Å². The minimum absolute atomic E-state index is 0.0940. The molecule has 1 N–H and O–H groups in total. The van der Waals surface area contributed by atoms with Crippen LogP contribution in [0.1, 0.15) is 30.9 Å². The van der Waals surface area contributed by atoms with Crippen LogP contribution in [0, 0.1) is 0 Å². The van der Waals surface area contributed by atoms with E-state index in [2.05, 4.69) is 5.32 Å². The molecular formula is C13H15NO3. The fourth-order valence-electron chi connectivity index (χ4n) is 2.38. The zero-order valence-corrected chi connectivity index (χ0v) is 9.57. The Morgan fingerprint density at radius 1 is 1.29 bits per heavy atom. The molecule has 1 aromatic rings. The monoisotopic (exact) mass is 233 g/mol. The maximum Gasteiger partial charge on any atom is 0.262 e. The van der Waals surface area contributed by atoms with Gasteiger partial charge in [-0.15, -0.1) is 0 Å². The van der Waals surface area contributed by atoms with E-state index in [0.717, 1.165) is 36.4 Å². The molecule has 17 heavy (non-hydrogen) atoms. The number of para-hydroxylation sites is 1. The van der Waals surface area contributed by atoms with Crippen LogP contribution >= 0.6 is 0 Å². The van der Waals surface area contributed by atoms with Crippen molar-refractivity contribution in [1.82, 2.24) is 0 Å². The highest BCUT2D eigenvalue weighted by atomic mass is 16.5. The molecule has 2 aliphatic heterocycles. The number of anilines is 1. The Bertz CT molecular complexity index is 438. The van der Waals surface area contributed by atoms with E-state index in [1.54, 1.807) is 0 Å². The smallest absolute Gasteiger partial charge is 0.262 e. The van der Waals surface area contributed by atoms with E-state index in [1.165, 1.54) is 6.42 Å². The van der Waals surface area contributed by atoms with Gasteiger partial charge in [0, 0.05) is 12.2 Å². The normalized spacial score (nSPS) is 23.5. The molecule has 0 bridgehead atoms. The van der Waals surface area contributed by atoms with E-state index in [4.69, 9.17) is 9.47 Å². The quantitative estimate of drug-likeness (QED) is 0.809. The third-order valence-electron chi connectivity index (χ3n) is 3.19. The molecule has 0 spiro atoms. The molecule has 2 aliphatic rings. The summed E-state index contributed by atoms with van der Waals surface area (Å²) in [6.45, 7) is 0.900. The van der Waals surface area contributed by atoms with Gasteiger partial charge in [0.2, 0.25) is 0 Å². The molecule has 1 atom stereocenters. The third kappa shape index (κ3) is 2.00. The first-order valence-corrected chi connectivity index (χ1v) is 6.02. The summed E-state index contributed by atoms with van der Waals surface area (Å²) >= 11 is 0. The molecule has 0 aromatic heterocycles. The van der Waals surface area contributed by atoms with Crippen molar-refractivity contribution in [2.24, 2.45) is 0 Å². The van der Waals surface area contributed by atoms with Crippen LogP contribution in [0.4, 0.5) is 5.69 Å². The number of nitrogens with one attached hydrogen (secondary N) is 1. The molecule has 1 fully saturated rings. The van der Waals surface area contributed by atoms with Crippen molar-refractivity contribution in [1.29, 1.82) is 0 Å². The van der Waals surface area contributed by atoms with Crippen LogP contribution in [-0.4, -0.2) is 19.1 Å². The van der Waals surface area contributed by atoms with Gasteiger partial charge < -0.3 is 14.8 Å². The van der Waals surface area contributed by atoms with Gasteiger partial charge in [-0.2, -0.15) is 0 Å². The maximum absolute atomic E-state index is 11.2. The summed E-state index contributed by atoms with van der Waals surface area (Å²) in [5.74, 6) is 0.679. The minimum Gasteiger partial charge on any atom is -0.481 e. The Balaban J connectivity index is 1.94. The van der Waals surface area contributed by atoms with Crippen LogP contribution in [0.25, 0.3) is 0 Å². The lowest BCUT2D eigenvalue weighted by Gasteiger charge is -2.27.